The Labute approximate surface area is 120 Å². The van der Waals surface area contributed by atoms with Crippen molar-refractivity contribution in [3.05, 3.63) is 47.6 Å². The first-order chi connectivity index (χ1) is 9.99. The molecule has 3 rings (SSSR count). The Kier molecular flexibility index (Phi) is 2.94. The number of amides is 4. The molecule has 0 aromatic rings. The zero-order chi connectivity index (χ0) is 15.1. The number of hydrogen-bond acceptors (Lipinski definition) is 4. The molecule has 0 aromatic carbocycles. The molecule has 0 bridgehead atoms. The van der Waals surface area contributed by atoms with E-state index in [2.05, 4.69) is 11.9 Å². The maximum atomic E-state index is 12.4. The van der Waals surface area contributed by atoms with Gasteiger partial charge in [0, 0.05) is 6.42 Å². The average molecular weight is 284 g/mol. The maximum absolute atomic E-state index is 12.4. The fourth-order valence-corrected chi connectivity index (χ4v) is 2.55. The molecule has 1 saturated heterocycles. The molecule has 2 heterocycles. The van der Waals surface area contributed by atoms with Gasteiger partial charge in [0.25, 0.3) is 11.8 Å². The molecule has 2 aliphatic heterocycles. The van der Waals surface area contributed by atoms with Crippen molar-refractivity contribution in [2.24, 2.45) is 0 Å². The van der Waals surface area contributed by atoms with Crippen molar-refractivity contribution >= 4 is 23.6 Å². The molecule has 0 radical (unpaired) electrons. The molecule has 0 aromatic heterocycles. The van der Waals surface area contributed by atoms with Crippen LogP contribution in [0.2, 0.25) is 0 Å². The van der Waals surface area contributed by atoms with Gasteiger partial charge in [-0.2, -0.15) is 0 Å². The first kappa shape index (κ1) is 13.2. The van der Waals surface area contributed by atoms with Crippen molar-refractivity contribution in [3.8, 4) is 0 Å². The fourth-order valence-electron chi connectivity index (χ4n) is 2.55. The van der Waals surface area contributed by atoms with E-state index in [9.17, 15) is 19.2 Å². The Morgan fingerprint density at radius 1 is 1.00 bits per heavy atom. The van der Waals surface area contributed by atoms with Gasteiger partial charge in [-0.05, 0) is 24.1 Å². The van der Waals surface area contributed by atoms with Crippen molar-refractivity contribution in [1.82, 2.24) is 10.2 Å². The number of rotatable bonds is 1. The minimum atomic E-state index is -0.931. The third-order valence-electron chi connectivity index (χ3n) is 3.64. The van der Waals surface area contributed by atoms with Crippen molar-refractivity contribution < 1.29 is 19.2 Å². The van der Waals surface area contributed by atoms with Gasteiger partial charge in [-0.1, -0.05) is 18.7 Å². The van der Waals surface area contributed by atoms with Crippen molar-refractivity contribution in [3.63, 3.8) is 0 Å². The maximum Gasteiger partial charge on any atom is 0.262 e. The zero-order valence-electron chi connectivity index (χ0n) is 11.1. The lowest BCUT2D eigenvalue weighted by atomic mass is 10.0. The largest absolute Gasteiger partial charge is 0.295 e. The Morgan fingerprint density at radius 3 is 2.10 bits per heavy atom. The monoisotopic (exact) mass is 284 g/mol. The van der Waals surface area contributed by atoms with E-state index in [1.807, 2.05) is 0 Å². The highest BCUT2D eigenvalue weighted by Crippen LogP contribution is 2.29. The first-order valence-corrected chi connectivity index (χ1v) is 6.50. The predicted molar refractivity (Wildman–Crippen MR) is 72.5 cm³/mol. The quantitative estimate of drug-likeness (QED) is 0.694. The zero-order valence-corrected chi connectivity index (χ0v) is 11.1. The van der Waals surface area contributed by atoms with Crippen molar-refractivity contribution in [2.45, 2.75) is 18.9 Å². The van der Waals surface area contributed by atoms with E-state index in [-0.39, 0.29) is 29.9 Å². The minimum Gasteiger partial charge on any atom is -0.295 e. The van der Waals surface area contributed by atoms with Crippen LogP contribution in [0, 0.1) is 0 Å². The van der Waals surface area contributed by atoms with Gasteiger partial charge in [0.1, 0.15) is 6.04 Å². The summed E-state index contributed by atoms with van der Waals surface area (Å²) in [6.07, 6.45) is 6.60. The molecule has 1 atom stereocenters. The third kappa shape index (κ3) is 2.05. The van der Waals surface area contributed by atoms with Crippen LogP contribution in [-0.2, 0) is 19.2 Å². The third-order valence-corrected chi connectivity index (χ3v) is 3.64. The molecular weight excluding hydrogens is 272 g/mol. The molecule has 1 aliphatic carbocycles. The van der Waals surface area contributed by atoms with Gasteiger partial charge in [-0.25, -0.2) is 0 Å². The van der Waals surface area contributed by atoms with Crippen LogP contribution < -0.4 is 5.32 Å². The van der Waals surface area contributed by atoms with Gasteiger partial charge in [0.2, 0.25) is 11.8 Å². The van der Waals surface area contributed by atoms with Gasteiger partial charge in [-0.3, -0.25) is 29.4 Å². The lowest BCUT2D eigenvalue weighted by molar-refractivity contribution is -0.149. The van der Waals surface area contributed by atoms with Crippen LogP contribution in [0.4, 0.5) is 0 Å². The van der Waals surface area contributed by atoms with Crippen LogP contribution in [0.5, 0.6) is 0 Å². The topological polar surface area (TPSA) is 83.6 Å². The normalized spacial score (nSPS) is 25.4. The molecular formula is C15H12N2O4. The molecule has 0 spiro atoms. The van der Waals surface area contributed by atoms with E-state index in [1.165, 1.54) is 12.2 Å². The number of allylic oxidation sites excluding steroid dienone is 3. The van der Waals surface area contributed by atoms with E-state index >= 15 is 0 Å². The Hall–Kier alpha value is -2.76. The smallest absolute Gasteiger partial charge is 0.262 e. The highest BCUT2D eigenvalue weighted by molar-refractivity contribution is 6.24. The van der Waals surface area contributed by atoms with Crippen LogP contribution >= 0.6 is 0 Å². The second-order valence-electron chi connectivity index (χ2n) is 5.02. The second-order valence-corrected chi connectivity index (χ2v) is 5.02. The van der Waals surface area contributed by atoms with Crippen LogP contribution in [-0.4, -0.2) is 34.6 Å². The summed E-state index contributed by atoms with van der Waals surface area (Å²) in [4.78, 5) is 48.8. The van der Waals surface area contributed by atoms with Crippen LogP contribution in [0.1, 0.15) is 12.8 Å². The van der Waals surface area contributed by atoms with E-state index in [0.29, 0.717) is 5.57 Å². The lowest BCUT2D eigenvalue weighted by Crippen LogP contribution is -2.54. The van der Waals surface area contributed by atoms with E-state index in [0.717, 1.165) is 4.90 Å². The van der Waals surface area contributed by atoms with Gasteiger partial charge in [0.05, 0.1) is 11.1 Å². The summed E-state index contributed by atoms with van der Waals surface area (Å²) >= 11 is 0. The van der Waals surface area contributed by atoms with Gasteiger partial charge < -0.3 is 0 Å². The molecule has 1 unspecified atom stereocenters. The summed E-state index contributed by atoms with van der Waals surface area (Å²) in [6.45, 7) is 3.74. The number of nitrogens with one attached hydrogen (secondary N) is 1. The number of hydrogen-bond donors (Lipinski definition) is 1. The Balaban J connectivity index is 1.94. The standard InChI is InChI=1S/C15H12N2O4/c1-8-2-4-9-10(5-3-8)15(21)17(14(9)20)11-6-7-12(18)16-13(11)19/h2-5,11H,1,6-7H2,(H,16,18,19). The highest BCUT2D eigenvalue weighted by Gasteiger charge is 2.44. The summed E-state index contributed by atoms with van der Waals surface area (Å²) in [6, 6.07) is -0.931. The van der Waals surface area contributed by atoms with Crippen LogP contribution in [0.15, 0.2) is 47.6 Å². The Bertz CT molecular complexity index is 658. The molecule has 1 fully saturated rings. The minimum absolute atomic E-state index is 0.112. The van der Waals surface area contributed by atoms with Gasteiger partial charge in [-0.15, -0.1) is 0 Å². The summed E-state index contributed by atoms with van der Waals surface area (Å²) < 4.78 is 0. The fraction of sp³-hybridized carbons (Fsp3) is 0.200. The molecule has 4 amide bonds. The number of carbonyl (C=O) groups is 4. The molecule has 1 N–H and O–H groups in total. The molecule has 0 saturated carbocycles. The summed E-state index contributed by atoms with van der Waals surface area (Å²) in [5.41, 5.74) is 1.18. The average Bonchev–Trinajstić information content (AvgIpc) is 2.58. The molecule has 6 heteroatoms. The second kappa shape index (κ2) is 4.66. The van der Waals surface area contributed by atoms with Crippen molar-refractivity contribution in [1.29, 1.82) is 0 Å². The number of carbonyl (C=O) groups excluding carboxylic acids is 4. The highest BCUT2D eigenvalue weighted by atomic mass is 16.2. The molecule has 106 valence electrons. The summed E-state index contributed by atoms with van der Waals surface area (Å²) in [5, 5.41) is 2.16. The number of nitrogens with zero attached hydrogens (tertiary/aromatic N) is 1. The first-order valence-electron chi connectivity index (χ1n) is 6.50. The van der Waals surface area contributed by atoms with Gasteiger partial charge >= 0.3 is 0 Å². The molecule has 3 aliphatic rings. The Morgan fingerprint density at radius 2 is 1.57 bits per heavy atom. The van der Waals surface area contributed by atoms with E-state index in [4.69, 9.17) is 0 Å². The summed E-state index contributed by atoms with van der Waals surface area (Å²) in [7, 11) is 0. The van der Waals surface area contributed by atoms with Gasteiger partial charge in [0.15, 0.2) is 0 Å². The number of imide groups is 2. The molecule has 21 heavy (non-hydrogen) atoms. The van der Waals surface area contributed by atoms with Crippen molar-refractivity contribution in [2.75, 3.05) is 0 Å². The predicted octanol–water partition coefficient (Wildman–Crippen LogP) is 0.139. The summed E-state index contributed by atoms with van der Waals surface area (Å²) in [5.74, 6) is -2.02. The van der Waals surface area contributed by atoms with Crippen LogP contribution in [0.25, 0.3) is 0 Å². The molecule has 6 nitrogen and oxygen atoms in total. The number of piperidine rings is 1. The van der Waals surface area contributed by atoms with E-state index in [1.54, 1.807) is 12.2 Å². The van der Waals surface area contributed by atoms with E-state index < -0.39 is 23.8 Å². The SMILES string of the molecule is C=C1C=CC2=C(C=C1)C(=O)N(C1CCC(=O)NC1=O)C2=O. The lowest BCUT2D eigenvalue weighted by Gasteiger charge is -2.28. The van der Waals surface area contributed by atoms with Crippen LogP contribution in [0.3, 0.4) is 0 Å².